The van der Waals surface area contributed by atoms with Crippen molar-refractivity contribution in [2.45, 2.75) is 11.7 Å². The highest BCUT2D eigenvalue weighted by Gasteiger charge is 2.24. The van der Waals surface area contributed by atoms with Crippen molar-refractivity contribution in [2.24, 2.45) is 7.05 Å². The number of carbonyl (C=O) groups is 1. The molecule has 2 aromatic rings. The van der Waals surface area contributed by atoms with Crippen molar-refractivity contribution in [1.29, 1.82) is 0 Å². The largest absolute Gasteiger partial charge is 0.336 e. The van der Waals surface area contributed by atoms with Crippen molar-refractivity contribution in [3.63, 3.8) is 0 Å². The van der Waals surface area contributed by atoms with E-state index in [0.29, 0.717) is 10.9 Å². The molecule has 1 aliphatic rings. The molecule has 1 amide bonds. The van der Waals surface area contributed by atoms with E-state index in [4.69, 9.17) is 0 Å². The number of hydrogen-bond acceptors (Lipinski definition) is 5. The van der Waals surface area contributed by atoms with Crippen LogP contribution in [0.15, 0.2) is 34.4 Å². The fraction of sp³-hybridized carbons (Fsp3) is 0.400. The lowest BCUT2D eigenvalue weighted by atomic mass is 10.2. The summed E-state index contributed by atoms with van der Waals surface area (Å²) < 4.78 is 1.20. The molecule has 5 nitrogen and oxygen atoms in total. The summed E-state index contributed by atoms with van der Waals surface area (Å²) in [5.74, 6) is 0.822. The Labute approximate surface area is 137 Å². The van der Waals surface area contributed by atoms with E-state index < -0.39 is 0 Å². The molecule has 1 unspecified atom stereocenters. The molecule has 0 aliphatic carbocycles. The molecule has 7 heteroatoms. The molecule has 1 aliphatic heterocycles. The summed E-state index contributed by atoms with van der Waals surface area (Å²) in [6, 6.07) is 7.14. The minimum absolute atomic E-state index is 0.0944. The number of aromatic nitrogens is 2. The number of amides is 1. The Kier molecular flexibility index (Phi) is 4.63. The first-order chi connectivity index (χ1) is 10.6. The molecule has 0 N–H and O–H groups in total. The van der Waals surface area contributed by atoms with Gasteiger partial charge in [-0.2, -0.15) is 16.9 Å². The summed E-state index contributed by atoms with van der Waals surface area (Å²) in [6.07, 6.45) is 0.947. The first-order valence-electron chi connectivity index (χ1n) is 7.14. The van der Waals surface area contributed by atoms with Crippen molar-refractivity contribution in [3.05, 3.63) is 50.6 Å². The van der Waals surface area contributed by atoms with Gasteiger partial charge in [0, 0.05) is 42.1 Å². The number of hydrogen-bond donors (Lipinski definition) is 0. The highest BCUT2D eigenvalue weighted by atomic mass is 32.2. The summed E-state index contributed by atoms with van der Waals surface area (Å²) >= 11 is 3.68. The standard InChI is InChI=1S/C15H17N3O2S2/c1-17-14(19)5-4-11(16-17)15(20)18-7-6-13(22-10-8-18)12-3-2-9-21-12/h2-5,9,13H,6-8,10H2,1H3. The van der Waals surface area contributed by atoms with E-state index in [1.807, 2.05) is 16.7 Å². The van der Waals surface area contributed by atoms with E-state index in [-0.39, 0.29) is 11.5 Å². The summed E-state index contributed by atoms with van der Waals surface area (Å²) in [5, 5.41) is 6.61. The Morgan fingerprint density at radius 3 is 2.91 bits per heavy atom. The van der Waals surface area contributed by atoms with Crippen LogP contribution in [0.1, 0.15) is 27.0 Å². The lowest BCUT2D eigenvalue weighted by molar-refractivity contribution is 0.0758. The highest BCUT2D eigenvalue weighted by molar-refractivity contribution is 7.99. The minimum atomic E-state index is -0.208. The van der Waals surface area contributed by atoms with Crippen LogP contribution in [0.2, 0.25) is 0 Å². The van der Waals surface area contributed by atoms with Crippen LogP contribution in [-0.2, 0) is 7.05 Å². The number of thioether (sulfide) groups is 1. The van der Waals surface area contributed by atoms with Crippen molar-refractivity contribution in [2.75, 3.05) is 18.8 Å². The van der Waals surface area contributed by atoms with Crippen molar-refractivity contribution >= 4 is 29.0 Å². The molecule has 3 rings (SSSR count). The first-order valence-corrected chi connectivity index (χ1v) is 9.06. The average Bonchev–Trinajstić information content (AvgIpc) is 2.94. The SMILES string of the molecule is Cn1nc(C(=O)N2CCSC(c3cccs3)CC2)ccc1=O. The third kappa shape index (κ3) is 3.25. The van der Waals surface area contributed by atoms with Crippen LogP contribution in [0.3, 0.4) is 0 Å². The van der Waals surface area contributed by atoms with Crippen LogP contribution >= 0.6 is 23.1 Å². The maximum atomic E-state index is 12.6. The predicted octanol–water partition coefficient (Wildman–Crippen LogP) is 2.16. The monoisotopic (exact) mass is 335 g/mol. The quantitative estimate of drug-likeness (QED) is 0.844. The average molecular weight is 335 g/mol. The van der Waals surface area contributed by atoms with Crippen LogP contribution < -0.4 is 5.56 Å². The summed E-state index contributed by atoms with van der Waals surface area (Å²) in [7, 11) is 1.56. The van der Waals surface area contributed by atoms with Crippen LogP contribution in [0, 0.1) is 0 Å². The van der Waals surface area contributed by atoms with E-state index in [1.165, 1.54) is 21.7 Å². The lowest BCUT2D eigenvalue weighted by Crippen LogP contribution is -2.35. The molecule has 1 atom stereocenters. The van der Waals surface area contributed by atoms with Gasteiger partial charge in [-0.05, 0) is 23.9 Å². The molecule has 3 heterocycles. The maximum absolute atomic E-state index is 12.6. The second-order valence-electron chi connectivity index (χ2n) is 5.14. The Bertz CT molecular complexity index is 712. The first kappa shape index (κ1) is 15.3. The van der Waals surface area contributed by atoms with Gasteiger partial charge in [0.15, 0.2) is 0 Å². The van der Waals surface area contributed by atoms with Crippen molar-refractivity contribution < 1.29 is 4.79 Å². The summed E-state index contributed by atoms with van der Waals surface area (Å²) in [5.41, 5.74) is 0.127. The minimum Gasteiger partial charge on any atom is -0.336 e. The summed E-state index contributed by atoms with van der Waals surface area (Å²) in [4.78, 5) is 27.1. The second kappa shape index (κ2) is 6.66. The predicted molar refractivity (Wildman–Crippen MR) is 89.5 cm³/mol. The molecule has 0 bridgehead atoms. The zero-order valence-electron chi connectivity index (χ0n) is 12.3. The fourth-order valence-corrected chi connectivity index (χ4v) is 4.69. The zero-order valence-corrected chi connectivity index (χ0v) is 13.9. The van der Waals surface area contributed by atoms with Crippen LogP contribution in [0.25, 0.3) is 0 Å². The van der Waals surface area contributed by atoms with Crippen LogP contribution in [-0.4, -0.2) is 39.4 Å². The van der Waals surface area contributed by atoms with E-state index in [9.17, 15) is 9.59 Å². The zero-order chi connectivity index (χ0) is 15.5. The van der Waals surface area contributed by atoms with Gasteiger partial charge in [0.25, 0.3) is 11.5 Å². The molecule has 1 saturated heterocycles. The van der Waals surface area contributed by atoms with Gasteiger partial charge in [0.05, 0.1) is 0 Å². The number of thiophene rings is 1. The molecule has 2 aromatic heterocycles. The normalized spacial score (nSPS) is 19.0. The third-order valence-electron chi connectivity index (χ3n) is 3.67. The topological polar surface area (TPSA) is 55.2 Å². The lowest BCUT2D eigenvalue weighted by Gasteiger charge is -2.19. The maximum Gasteiger partial charge on any atom is 0.274 e. The van der Waals surface area contributed by atoms with E-state index >= 15 is 0 Å². The number of nitrogens with zero attached hydrogens (tertiary/aromatic N) is 3. The van der Waals surface area contributed by atoms with E-state index in [1.54, 1.807) is 18.4 Å². The number of carbonyl (C=O) groups excluding carboxylic acids is 1. The van der Waals surface area contributed by atoms with Crippen molar-refractivity contribution in [3.8, 4) is 0 Å². The van der Waals surface area contributed by atoms with Crippen LogP contribution in [0.4, 0.5) is 0 Å². The van der Waals surface area contributed by atoms with Gasteiger partial charge < -0.3 is 4.90 Å². The fourth-order valence-electron chi connectivity index (χ4n) is 2.45. The van der Waals surface area contributed by atoms with Gasteiger partial charge in [0.1, 0.15) is 5.69 Å². The Balaban J connectivity index is 1.71. The number of aryl methyl sites for hydroxylation is 1. The van der Waals surface area contributed by atoms with Gasteiger partial charge in [-0.3, -0.25) is 9.59 Å². The Morgan fingerprint density at radius 2 is 2.18 bits per heavy atom. The Morgan fingerprint density at radius 1 is 1.32 bits per heavy atom. The molecule has 0 saturated carbocycles. The molecule has 0 spiro atoms. The third-order valence-corrected chi connectivity index (χ3v) is 6.11. The highest BCUT2D eigenvalue weighted by Crippen LogP contribution is 2.36. The van der Waals surface area contributed by atoms with Crippen molar-refractivity contribution in [1.82, 2.24) is 14.7 Å². The molecular weight excluding hydrogens is 318 g/mol. The van der Waals surface area contributed by atoms with Gasteiger partial charge in [-0.15, -0.1) is 11.3 Å². The van der Waals surface area contributed by atoms with Gasteiger partial charge in [0.2, 0.25) is 0 Å². The molecule has 116 valence electrons. The molecule has 0 aromatic carbocycles. The van der Waals surface area contributed by atoms with Gasteiger partial charge >= 0.3 is 0 Å². The van der Waals surface area contributed by atoms with E-state index in [0.717, 1.165) is 25.3 Å². The van der Waals surface area contributed by atoms with Gasteiger partial charge in [-0.1, -0.05) is 6.07 Å². The van der Waals surface area contributed by atoms with Crippen LogP contribution in [0.5, 0.6) is 0 Å². The Hall–Kier alpha value is -1.60. The number of rotatable bonds is 2. The summed E-state index contributed by atoms with van der Waals surface area (Å²) in [6.45, 7) is 1.44. The van der Waals surface area contributed by atoms with Gasteiger partial charge in [-0.25, -0.2) is 4.68 Å². The smallest absolute Gasteiger partial charge is 0.274 e. The molecule has 22 heavy (non-hydrogen) atoms. The second-order valence-corrected chi connectivity index (χ2v) is 7.43. The molecular formula is C15H17N3O2S2. The van der Waals surface area contributed by atoms with E-state index in [2.05, 4.69) is 22.6 Å². The molecule has 0 radical (unpaired) electrons. The molecule has 1 fully saturated rings.